The van der Waals surface area contributed by atoms with Gasteiger partial charge in [0.1, 0.15) is 11.4 Å². The van der Waals surface area contributed by atoms with Gasteiger partial charge < -0.3 is 9.64 Å². The standard InChI is InChI=1S/C36H46ClF3N2O3/c1-22(2)45-32(44)24-11-9-23(10-12-24)29(15-16-33(3,4)5)42-31(43)30(25-19-27(36(38,39)40)21-28(37)20-25)41-35(42)17-13-26(14-18-35)34(6,7)8/h9-12,19-22,26,29H,13-18H2,1-8H3/t26?,29-,35?/m1/s1. The first kappa shape index (κ1) is 35.0. The van der Waals surface area contributed by atoms with Crippen LogP contribution < -0.4 is 0 Å². The van der Waals surface area contributed by atoms with Crippen molar-refractivity contribution >= 4 is 29.2 Å². The third-order valence-electron chi connectivity index (χ3n) is 9.05. The Morgan fingerprint density at radius 3 is 2.13 bits per heavy atom. The predicted molar refractivity (Wildman–Crippen MR) is 172 cm³/mol. The molecule has 5 nitrogen and oxygen atoms in total. The highest BCUT2D eigenvalue weighted by atomic mass is 35.5. The van der Waals surface area contributed by atoms with Crippen molar-refractivity contribution in [3.05, 3.63) is 69.7 Å². The second kappa shape index (κ2) is 12.7. The van der Waals surface area contributed by atoms with Crippen LogP contribution in [0.15, 0.2) is 47.5 Å². The summed E-state index contributed by atoms with van der Waals surface area (Å²) in [6, 6.07) is 9.94. The fraction of sp³-hybridized carbons (Fsp3) is 0.583. The zero-order valence-electron chi connectivity index (χ0n) is 27.6. The van der Waals surface area contributed by atoms with Crippen LogP contribution in [0.5, 0.6) is 0 Å². The van der Waals surface area contributed by atoms with Gasteiger partial charge in [0.05, 0.1) is 23.3 Å². The van der Waals surface area contributed by atoms with Crippen LogP contribution in [0.1, 0.15) is 127 Å². The Hall–Kier alpha value is -2.87. The van der Waals surface area contributed by atoms with Gasteiger partial charge in [-0.05, 0) is 105 Å². The zero-order valence-corrected chi connectivity index (χ0v) is 28.4. The molecule has 1 saturated carbocycles. The lowest BCUT2D eigenvalue weighted by Gasteiger charge is -2.47. The summed E-state index contributed by atoms with van der Waals surface area (Å²) in [7, 11) is 0. The number of hydrogen-bond acceptors (Lipinski definition) is 4. The lowest BCUT2D eigenvalue weighted by molar-refractivity contribution is -0.137. The summed E-state index contributed by atoms with van der Waals surface area (Å²) in [5, 5.41) is -0.104. The highest BCUT2D eigenvalue weighted by Gasteiger charge is 2.53. The number of carbonyl (C=O) groups excluding carboxylic acids is 2. The molecule has 1 fully saturated rings. The van der Waals surface area contributed by atoms with Crippen LogP contribution in [0.3, 0.4) is 0 Å². The molecule has 45 heavy (non-hydrogen) atoms. The van der Waals surface area contributed by atoms with E-state index in [0.717, 1.165) is 37.0 Å². The Labute approximate surface area is 270 Å². The van der Waals surface area contributed by atoms with Crippen molar-refractivity contribution < 1.29 is 27.5 Å². The third-order valence-corrected chi connectivity index (χ3v) is 9.27. The van der Waals surface area contributed by atoms with Crippen molar-refractivity contribution in [2.24, 2.45) is 21.7 Å². The predicted octanol–water partition coefficient (Wildman–Crippen LogP) is 10.1. The maximum Gasteiger partial charge on any atom is 0.416 e. The normalized spacial score (nSPS) is 21.8. The summed E-state index contributed by atoms with van der Waals surface area (Å²) in [5.41, 5.74) is -0.476. The van der Waals surface area contributed by atoms with Crippen LogP contribution in [0.4, 0.5) is 13.2 Å². The number of nitrogens with zero attached hydrogens (tertiary/aromatic N) is 2. The topological polar surface area (TPSA) is 59.0 Å². The van der Waals surface area contributed by atoms with E-state index in [1.165, 1.54) is 6.07 Å². The van der Waals surface area contributed by atoms with E-state index in [-0.39, 0.29) is 33.2 Å². The smallest absolute Gasteiger partial charge is 0.416 e. The Bertz CT molecular complexity index is 1430. The van der Waals surface area contributed by atoms with E-state index in [1.807, 2.05) is 17.0 Å². The molecule has 9 heteroatoms. The molecule has 2 aromatic carbocycles. The largest absolute Gasteiger partial charge is 0.459 e. The summed E-state index contributed by atoms with van der Waals surface area (Å²) in [6.45, 7) is 16.6. The zero-order chi connectivity index (χ0) is 33.5. The van der Waals surface area contributed by atoms with Gasteiger partial charge in [-0.3, -0.25) is 9.79 Å². The van der Waals surface area contributed by atoms with Gasteiger partial charge in [0.15, 0.2) is 0 Å². The molecule has 0 bridgehead atoms. The van der Waals surface area contributed by atoms with Gasteiger partial charge in [0.25, 0.3) is 5.91 Å². The van der Waals surface area contributed by atoms with E-state index in [4.69, 9.17) is 21.3 Å². The molecule has 0 radical (unpaired) electrons. The minimum Gasteiger partial charge on any atom is -0.459 e. The number of carbonyl (C=O) groups is 2. The Morgan fingerprint density at radius 2 is 1.62 bits per heavy atom. The van der Waals surface area contributed by atoms with Crippen molar-refractivity contribution in [1.29, 1.82) is 0 Å². The molecule has 1 aliphatic carbocycles. The maximum absolute atomic E-state index is 14.6. The van der Waals surface area contributed by atoms with Gasteiger partial charge in [0, 0.05) is 10.6 Å². The van der Waals surface area contributed by atoms with Crippen LogP contribution in [-0.4, -0.2) is 34.3 Å². The number of halogens is 4. The number of ether oxygens (including phenoxy) is 1. The summed E-state index contributed by atoms with van der Waals surface area (Å²) in [5.74, 6) is -0.410. The van der Waals surface area contributed by atoms with Gasteiger partial charge in [-0.15, -0.1) is 0 Å². The number of alkyl halides is 3. The van der Waals surface area contributed by atoms with Crippen LogP contribution in [0.2, 0.25) is 5.02 Å². The molecule has 0 unspecified atom stereocenters. The molecule has 0 saturated heterocycles. The molecule has 0 aromatic heterocycles. The SMILES string of the molecule is CC(C)OC(=O)c1ccc([C@@H](CCC(C)(C)C)N2C(=O)C(c3cc(Cl)cc(C(F)(F)F)c3)=NC23CCC(C(C)(C)C)CC3)cc1. The minimum absolute atomic E-state index is 0.00935. The molecule has 1 heterocycles. The lowest BCUT2D eigenvalue weighted by Crippen LogP contribution is -2.51. The van der Waals surface area contributed by atoms with E-state index in [1.54, 1.807) is 26.0 Å². The molecule has 0 N–H and O–H groups in total. The second-order valence-electron chi connectivity index (χ2n) is 15.2. The van der Waals surface area contributed by atoms with Crippen molar-refractivity contribution in [3.63, 3.8) is 0 Å². The number of aliphatic imine (C=N–C) groups is 1. The van der Waals surface area contributed by atoms with Crippen molar-refractivity contribution in [3.8, 4) is 0 Å². The quantitative estimate of drug-likeness (QED) is 0.281. The molecule has 1 aliphatic heterocycles. The van der Waals surface area contributed by atoms with Gasteiger partial charge in [-0.25, -0.2) is 4.79 Å². The first-order valence-electron chi connectivity index (χ1n) is 15.8. The lowest BCUT2D eigenvalue weighted by atomic mass is 9.69. The van der Waals surface area contributed by atoms with Crippen LogP contribution in [0.25, 0.3) is 0 Å². The average Bonchev–Trinajstić information content (AvgIpc) is 3.18. The highest BCUT2D eigenvalue weighted by Crippen LogP contribution is 2.50. The summed E-state index contributed by atoms with van der Waals surface area (Å²) < 4.78 is 46.8. The van der Waals surface area contributed by atoms with Crippen LogP contribution in [-0.2, 0) is 15.7 Å². The summed E-state index contributed by atoms with van der Waals surface area (Å²) in [4.78, 5) is 34.0. The third kappa shape index (κ3) is 8.11. The van der Waals surface area contributed by atoms with E-state index >= 15 is 0 Å². The first-order valence-corrected chi connectivity index (χ1v) is 16.2. The van der Waals surface area contributed by atoms with Crippen LogP contribution in [0, 0.1) is 16.7 Å². The molecule has 2 aliphatic rings. The van der Waals surface area contributed by atoms with E-state index in [0.29, 0.717) is 30.7 Å². The van der Waals surface area contributed by atoms with Gasteiger partial charge in [0.2, 0.25) is 0 Å². The monoisotopic (exact) mass is 646 g/mol. The molecule has 4 rings (SSSR count). The maximum atomic E-state index is 14.6. The molecule has 2 aromatic rings. The summed E-state index contributed by atoms with van der Waals surface area (Å²) in [6.07, 6.45) is -0.632. The number of amides is 1. The van der Waals surface area contributed by atoms with Gasteiger partial charge in [-0.1, -0.05) is 65.3 Å². The molecule has 246 valence electrons. The number of rotatable bonds is 7. The number of benzene rings is 2. The number of hydrogen-bond donors (Lipinski definition) is 0. The fourth-order valence-corrected chi connectivity index (χ4v) is 6.79. The molecule has 1 spiro atoms. The molecule has 1 amide bonds. The van der Waals surface area contributed by atoms with E-state index < -0.39 is 35.3 Å². The van der Waals surface area contributed by atoms with Gasteiger partial charge >= 0.3 is 12.1 Å². The van der Waals surface area contributed by atoms with E-state index in [2.05, 4.69) is 41.5 Å². The number of esters is 1. The first-order chi connectivity index (χ1) is 20.7. The average molecular weight is 647 g/mol. The van der Waals surface area contributed by atoms with Crippen LogP contribution >= 0.6 is 11.6 Å². The molecular weight excluding hydrogens is 601 g/mol. The van der Waals surface area contributed by atoms with Gasteiger partial charge in [-0.2, -0.15) is 13.2 Å². The van der Waals surface area contributed by atoms with Crippen molar-refractivity contribution in [2.45, 2.75) is 118 Å². The minimum atomic E-state index is -4.63. The Balaban J connectivity index is 1.83. The Kier molecular flexibility index (Phi) is 9.90. The summed E-state index contributed by atoms with van der Waals surface area (Å²) >= 11 is 6.18. The molecule has 1 atom stereocenters. The van der Waals surface area contributed by atoms with E-state index in [9.17, 15) is 22.8 Å². The highest BCUT2D eigenvalue weighted by molar-refractivity contribution is 6.47. The van der Waals surface area contributed by atoms with Crippen molar-refractivity contribution in [2.75, 3.05) is 0 Å². The molecular formula is C36H46ClF3N2O3. The second-order valence-corrected chi connectivity index (χ2v) is 15.6. The van der Waals surface area contributed by atoms with Crippen molar-refractivity contribution in [1.82, 2.24) is 4.90 Å². The Morgan fingerprint density at radius 1 is 1.02 bits per heavy atom. The fourth-order valence-electron chi connectivity index (χ4n) is 6.56.